The Bertz CT molecular complexity index is 1070. The van der Waals surface area contributed by atoms with Gasteiger partial charge in [0.1, 0.15) is 5.75 Å². The topological polar surface area (TPSA) is 95.3 Å². The van der Waals surface area contributed by atoms with Crippen LogP contribution in [0.4, 0.5) is 0 Å². The molecule has 0 aliphatic heterocycles. The lowest BCUT2D eigenvalue weighted by atomic mass is 9.81. The van der Waals surface area contributed by atoms with Crippen LogP contribution in [0, 0.1) is 10.7 Å². The van der Waals surface area contributed by atoms with Gasteiger partial charge in [-0.05, 0) is 72.8 Å². The van der Waals surface area contributed by atoms with Crippen LogP contribution in [-0.2, 0) is 0 Å². The van der Waals surface area contributed by atoms with Gasteiger partial charge in [-0.3, -0.25) is 9.67 Å². The molecule has 0 bridgehead atoms. The molecule has 0 fully saturated rings. The molecule has 11 heteroatoms. The molecule has 0 aliphatic rings. The van der Waals surface area contributed by atoms with Gasteiger partial charge in [-0.15, -0.1) is 5.10 Å². The summed E-state index contributed by atoms with van der Waals surface area (Å²) in [4.78, 5) is 1.68. The minimum atomic E-state index is -1.49. The van der Waals surface area contributed by atoms with E-state index in [2.05, 4.69) is 22.4 Å². The number of rotatable bonds is 9. The van der Waals surface area contributed by atoms with Crippen LogP contribution in [0.5, 0.6) is 5.75 Å². The van der Waals surface area contributed by atoms with Gasteiger partial charge in [0, 0.05) is 17.4 Å². The summed E-state index contributed by atoms with van der Waals surface area (Å²) in [6.45, 7) is 5.32. The van der Waals surface area contributed by atoms with Crippen molar-refractivity contribution in [2.75, 3.05) is 13.2 Å². The van der Waals surface area contributed by atoms with Gasteiger partial charge in [0.25, 0.3) is 0 Å². The van der Waals surface area contributed by atoms with Crippen LogP contribution in [0.2, 0.25) is 0 Å². The second kappa shape index (κ2) is 10.9. The zero-order chi connectivity index (χ0) is 22.4. The monoisotopic (exact) mass is 474 g/mol. The zero-order valence-electron chi connectivity index (χ0n) is 17.1. The maximum Gasteiger partial charge on any atom is 0.488 e. The van der Waals surface area contributed by atoms with E-state index in [0.717, 1.165) is 27.9 Å². The molecule has 0 saturated carbocycles. The molecular weight excluding hydrogens is 451 g/mol. The predicted molar refractivity (Wildman–Crippen MR) is 130 cm³/mol. The van der Waals surface area contributed by atoms with Crippen molar-refractivity contribution in [2.45, 2.75) is 23.9 Å². The average molecular weight is 474 g/mol. The van der Waals surface area contributed by atoms with Crippen molar-refractivity contribution in [1.29, 1.82) is 0 Å². The van der Waals surface area contributed by atoms with Crippen molar-refractivity contribution >= 4 is 53.8 Å². The Kier molecular flexibility index (Phi) is 8.27. The van der Waals surface area contributed by atoms with Gasteiger partial charge >= 0.3 is 7.12 Å². The summed E-state index contributed by atoms with van der Waals surface area (Å²) in [5, 5.41) is 29.4. The van der Waals surface area contributed by atoms with Crippen molar-refractivity contribution in [3.05, 3.63) is 53.3 Å². The van der Waals surface area contributed by atoms with Crippen LogP contribution < -0.4 is 15.5 Å². The number of benzene rings is 2. The van der Waals surface area contributed by atoms with Gasteiger partial charge < -0.3 is 20.1 Å². The molecule has 31 heavy (non-hydrogen) atoms. The van der Waals surface area contributed by atoms with E-state index in [0.29, 0.717) is 27.9 Å². The van der Waals surface area contributed by atoms with Crippen molar-refractivity contribution in [1.82, 2.24) is 20.1 Å². The van der Waals surface area contributed by atoms with E-state index >= 15 is 0 Å². The van der Waals surface area contributed by atoms with E-state index in [4.69, 9.17) is 29.2 Å². The highest BCUT2D eigenvalue weighted by Crippen LogP contribution is 2.28. The van der Waals surface area contributed by atoms with Gasteiger partial charge in [-0.2, -0.15) is 0 Å². The van der Waals surface area contributed by atoms with Crippen LogP contribution in [0.15, 0.2) is 58.6 Å². The molecule has 3 rings (SSSR count). The third-order valence-electron chi connectivity index (χ3n) is 4.36. The third-order valence-corrected chi connectivity index (χ3v) is 5.74. The minimum Gasteiger partial charge on any atom is -0.493 e. The molecule has 3 aromatic rings. The van der Waals surface area contributed by atoms with E-state index in [1.807, 2.05) is 35.8 Å². The molecule has 1 unspecified atom stereocenters. The number of nitrogens with zero attached hydrogens (tertiary/aromatic N) is 2. The number of hydrogen-bond donors (Lipinski definition) is 4. The Labute approximate surface area is 196 Å². The molecular formula is C20H23BN4O3S3. The lowest BCUT2D eigenvalue weighted by Crippen LogP contribution is -2.29. The molecule has 0 aliphatic carbocycles. The Morgan fingerprint density at radius 3 is 2.52 bits per heavy atom. The van der Waals surface area contributed by atoms with Crippen molar-refractivity contribution < 1.29 is 14.8 Å². The fraction of sp³-hybridized carbons (Fsp3) is 0.250. The van der Waals surface area contributed by atoms with Crippen LogP contribution in [0.1, 0.15) is 13.8 Å². The summed E-state index contributed by atoms with van der Waals surface area (Å²) in [5.74, 6) is 1.10. The molecule has 2 aromatic carbocycles. The SMILES string of the molecule is CC(=S)NCC(C)COc1ccc(-n2c(Sc3ccc(B(O)O)cc3)n[nH]c2=S)cc1. The summed E-state index contributed by atoms with van der Waals surface area (Å²) < 4.78 is 8.19. The van der Waals surface area contributed by atoms with Gasteiger partial charge in [0.2, 0.25) is 4.77 Å². The number of thiocarbonyl (C=S) groups is 1. The Morgan fingerprint density at radius 1 is 1.23 bits per heavy atom. The first-order valence-electron chi connectivity index (χ1n) is 9.62. The number of ether oxygens (including phenoxy) is 1. The fourth-order valence-corrected chi connectivity index (χ4v) is 3.94. The lowest BCUT2D eigenvalue weighted by Gasteiger charge is -2.14. The number of H-pyrrole nitrogens is 1. The van der Waals surface area contributed by atoms with Crippen LogP contribution in [0.3, 0.4) is 0 Å². The Hall–Kier alpha value is -2.18. The highest BCUT2D eigenvalue weighted by atomic mass is 32.2. The molecule has 7 nitrogen and oxygen atoms in total. The standard InChI is InChI=1S/C20H23BN4O3S3/c1-13(11-22-14(2)29)12-28-17-7-5-16(6-8-17)25-19(30)23-24-20(25)31-18-9-3-15(4-10-18)21(26)27/h3-10,13,26-27H,11-12H2,1-2H3,(H,22,29)(H,23,30). The van der Waals surface area contributed by atoms with Gasteiger partial charge in [-0.1, -0.05) is 31.3 Å². The Balaban J connectivity index is 1.68. The van der Waals surface area contributed by atoms with E-state index in [9.17, 15) is 10.0 Å². The third kappa shape index (κ3) is 6.65. The quantitative estimate of drug-likeness (QED) is 0.278. The number of aromatic amines is 1. The second-order valence-corrected chi connectivity index (χ2v) is 9.08. The molecule has 4 N–H and O–H groups in total. The maximum atomic E-state index is 9.23. The molecule has 0 spiro atoms. The largest absolute Gasteiger partial charge is 0.493 e. The molecule has 0 amide bonds. The summed E-state index contributed by atoms with van der Waals surface area (Å²) in [5.41, 5.74) is 1.29. The molecule has 1 aromatic heterocycles. The summed E-state index contributed by atoms with van der Waals surface area (Å²) in [6, 6.07) is 14.6. The first-order valence-corrected chi connectivity index (χ1v) is 11.3. The van der Waals surface area contributed by atoms with Gasteiger partial charge in [-0.25, -0.2) is 0 Å². The second-order valence-electron chi connectivity index (χ2n) is 7.04. The lowest BCUT2D eigenvalue weighted by molar-refractivity contribution is 0.260. The van der Waals surface area contributed by atoms with Crippen molar-refractivity contribution in [3.63, 3.8) is 0 Å². The molecule has 0 saturated heterocycles. The molecule has 1 atom stereocenters. The first kappa shape index (κ1) is 23.5. The summed E-state index contributed by atoms with van der Waals surface area (Å²) in [6.07, 6.45) is 0. The smallest absolute Gasteiger partial charge is 0.488 e. The van der Waals surface area contributed by atoms with Crippen LogP contribution in [0.25, 0.3) is 5.69 Å². The van der Waals surface area contributed by atoms with E-state index < -0.39 is 7.12 Å². The Morgan fingerprint density at radius 2 is 1.90 bits per heavy atom. The van der Waals surface area contributed by atoms with Crippen molar-refractivity contribution in [2.24, 2.45) is 5.92 Å². The minimum absolute atomic E-state index is 0.321. The highest BCUT2D eigenvalue weighted by Gasteiger charge is 2.13. The molecule has 0 radical (unpaired) electrons. The summed E-state index contributed by atoms with van der Waals surface area (Å²) >= 11 is 11.9. The van der Waals surface area contributed by atoms with Gasteiger partial charge in [0.15, 0.2) is 5.16 Å². The zero-order valence-corrected chi connectivity index (χ0v) is 19.6. The number of nitrogens with one attached hydrogen (secondary N) is 2. The predicted octanol–water partition coefficient (Wildman–Crippen LogP) is 2.71. The molecule has 162 valence electrons. The fourth-order valence-electron chi connectivity index (χ4n) is 2.70. The van der Waals surface area contributed by atoms with Crippen LogP contribution >= 0.6 is 36.2 Å². The normalized spacial score (nSPS) is 11.7. The maximum absolute atomic E-state index is 9.23. The van der Waals surface area contributed by atoms with Crippen molar-refractivity contribution in [3.8, 4) is 11.4 Å². The van der Waals surface area contributed by atoms with E-state index in [-0.39, 0.29) is 0 Å². The van der Waals surface area contributed by atoms with E-state index in [1.54, 1.807) is 24.3 Å². The number of aromatic nitrogens is 3. The van der Waals surface area contributed by atoms with E-state index in [1.165, 1.54) is 11.8 Å². The summed E-state index contributed by atoms with van der Waals surface area (Å²) in [7, 11) is -1.49. The number of hydrogen-bond acceptors (Lipinski definition) is 7. The first-order chi connectivity index (χ1) is 14.8. The molecule has 1 heterocycles. The highest BCUT2D eigenvalue weighted by molar-refractivity contribution is 7.99. The van der Waals surface area contributed by atoms with Crippen LogP contribution in [-0.4, -0.2) is 50.1 Å². The van der Waals surface area contributed by atoms with Gasteiger partial charge in [0.05, 0.1) is 17.3 Å². The average Bonchev–Trinajstić information content (AvgIpc) is 3.11.